The second-order valence-electron chi connectivity index (χ2n) is 7.40. The topological polar surface area (TPSA) is 75.7 Å². The number of carbonyl (C=O) groups is 1. The first-order valence-electron chi connectivity index (χ1n) is 9.90. The molecule has 1 heterocycles. The van der Waals surface area contributed by atoms with Crippen molar-refractivity contribution in [2.75, 3.05) is 29.6 Å². The molecule has 0 fully saturated rings. The molecule has 0 saturated heterocycles. The molecule has 3 aromatic rings. The third-order valence-corrected chi connectivity index (χ3v) is 7.02. The van der Waals surface area contributed by atoms with Gasteiger partial charge in [-0.1, -0.05) is 30.3 Å². The first kappa shape index (κ1) is 22.7. The van der Waals surface area contributed by atoms with Crippen molar-refractivity contribution in [3.63, 3.8) is 0 Å². The molecule has 1 amide bonds. The van der Waals surface area contributed by atoms with Crippen LogP contribution in [0.25, 0.3) is 0 Å². The van der Waals surface area contributed by atoms with Crippen LogP contribution in [-0.4, -0.2) is 33.7 Å². The lowest BCUT2D eigenvalue weighted by Gasteiger charge is -2.32. The molecule has 172 valence electrons. The van der Waals surface area contributed by atoms with Gasteiger partial charge >= 0.3 is 0 Å². The molecule has 0 spiro atoms. The third-order valence-electron chi connectivity index (χ3n) is 5.30. The van der Waals surface area contributed by atoms with Crippen LogP contribution >= 0.6 is 0 Å². The molecule has 6 nitrogen and oxygen atoms in total. The monoisotopic (exact) mass is 476 g/mol. The standard InChI is InChI=1S/C23H19F3N2O4S/c1-32-16-9-7-15(8-10-16)27-23(29)17-18(24)20(26)22-21(19(17)25)28(11-12-33(22,30)31)13-14-5-3-2-4-6-14/h2-10H,11-13H2,1H3,(H,27,29). The lowest BCUT2D eigenvalue weighted by atomic mass is 10.1. The predicted octanol–water partition coefficient (Wildman–Crippen LogP) is 4.16. The number of anilines is 2. The molecule has 0 saturated carbocycles. The zero-order valence-electron chi connectivity index (χ0n) is 17.4. The number of fused-ring (bicyclic) bond motifs is 1. The predicted molar refractivity (Wildman–Crippen MR) is 117 cm³/mol. The third kappa shape index (κ3) is 4.25. The van der Waals surface area contributed by atoms with E-state index in [0.29, 0.717) is 11.3 Å². The van der Waals surface area contributed by atoms with Crippen LogP contribution in [0.2, 0.25) is 0 Å². The van der Waals surface area contributed by atoms with Gasteiger partial charge in [-0.2, -0.15) is 0 Å². The molecule has 1 aliphatic rings. The molecule has 33 heavy (non-hydrogen) atoms. The fourth-order valence-electron chi connectivity index (χ4n) is 3.67. The maximum atomic E-state index is 15.6. The summed E-state index contributed by atoms with van der Waals surface area (Å²) in [5.41, 5.74) is -0.955. The van der Waals surface area contributed by atoms with E-state index in [4.69, 9.17) is 4.74 Å². The van der Waals surface area contributed by atoms with Crippen molar-refractivity contribution in [3.05, 3.63) is 83.2 Å². The van der Waals surface area contributed by atoms with Crippen molar-refractivity contribution in [2.24, 2.45) is 0 Å². The number of rotatable bonds is 5. The van der Waals surface area contributed by atoms with Crippen molar-refractivity contribution in [1.82, 2.24) is 0 Å². The van der Waals surface area contributed by atoms with Crippen LogP contribution in [0.4, 0.5) is 24.5 Å². The number of hydrogen-bond donors (Lipinski definition) is 1. The van der Waals surface area contributed by atoms with Gasteiger partial charge < -0.3 is 15.0 Å². The molecule has 10 heteroatoms. The normalized spacial score (nSPS) is 14.5. The van der Waals surface area contributed by atoms with Gasteiger partial charge in [-0.15, -0.1) is 0 Å². The van der Waals surface area contributed by atoms with Gasteiger partial charge in [0.25, 0.3) is 5.91 Å². The summed E-state index contributed by atoms with van der Waals surface area (Å²) in [5, 5.41) is 2.30. The summed E-state index contributed by atoms with van der Waals surface area (Å²) in [6.07, 6.45) is 0. The number of methoxy groups -OCH3 is 1. The summed E-state index contributed by atoms with van der Waals surface area (Å²) in [7, 11) is -2.85. The van der Waals surface area contributed by atoms with E-state index in [-0.39, 0.29) is 18.8 Å². The maximum Gasteiger partial charge on any atom is 0.261 e. The van der Waals surface area contributed by atoms with Gasteiger partial charge in [0.2, 0.25) is 0 Å². The zero-order valence-corrected chi connectivity index (χ0v) is 18.3. The van der Waals surface area contributed by atoms with E-state index in [0.717, 1.165) is 0 Å². The van der Waals surface area contributed by atoms with Crippen LogP contribution in [0.15, 0.2) is 59.5 Å². The Hall–Kier alpha value is -3.53. The number of ether oxygens (including phenoxy) is 1. The van der Waals surface area contributed by atoms with E-state index in [1.54, 1.807) is 30.3 Å². The number of sulfone groups is 1. The van der Waals surface area contributed by atoms with Gasteiger partial charge in [0.15, 0.2) is 27.3 Å². The first-order chi connectivity index (χ1) is 15.7. The minimum atomic E-state index is -4.29. The number of benzene rings is 3. The van der Waals surface area contributed by atoms with Gasteiger partial charge in [0.1, 0.15) is 16.2 Å². The largest absolute Gasteiger partial charge is 0.497 e. The Labute approximate surface area is 188 Å². The van der Waals surface area contributed by atoms with Gasteiger partial charge in [-0.05, 0) is 29.8 Å². The maximum absolute atomic E-state index is 15.6. The van der Waals surface area contributed by atoms with E-state index < -0.39 is 55.1 Å². The van der Waals surface area contributed by atoms with Gasteiger partial charge in [0, 0.05) is 18.8 Å². The highest BCUT2D eigenvalue weighted by Crippen LogP contribution is 2.39. The van der Waals surface area contributed by atoms with E-state index in [9.17, 15) is 22.0 Å². The molecule has 0 bridgehead atoms. The SMILES string of the molecule is COc1ccc(NC(=O)c2c(F)c(F)c3c(c2F)N(Cc2ccccc2)CCS3(=O)=O)cc1. The first-order valence-corrected chi connectivity index (χ1v) is 11.6. The minimum absolute atomic E-state index is 0.0465. The Morgan fingerprint density at radius 3 is 2.30 bits per heavy atom. The highest BCUT2D eigenvalue weighted by Gasteiger charge is 2.40. The van der Waals surface area contributed by atoms with Crippen LogP contribution in [-0.2, 0) is 16.4 Å². The molecule has 1 aliphatic heterocycles. The molecule has 4 rings (SSSR count). The lowest BCUT2D eigenvalue weighted by molar-refractivity contribution is 0.101. The fraction of sp³-hybridized carbons (Fsp3) is 0.174. The molecule has 0 aliphatic carbocycles. The molecular weight excluding hydrogens is 457 g/mol. The number of nitrogens with zero attached hydrogens (tertiary/aromatic N) is 1. The van der Waals surface area contributed by atoms with Crippen LogP contribution in [0.1, 0.15) is 15.9 Å². The molecule has 3 aromatic carbocycles. The minimum Gasteiger partial charge on any atom is -0.497 e. The van der Waals surface area contributed by atoms with E-state index >= 15 is 4.39 Å². The molecule has 0 atom stereocenters. The molecule has 0 aromatic heterocycles. The summed E-state index contributed by atoms with van der Waals surface area (Å²) < 4.78 is 75.4. The Morgan fingerprint density at radius 1 is 1.00 bits per heavy atom. The Balaban J connectivity index is 1.80. The van der Waals surface area contributed by atoms with Crippen LogP contribution in [0.5, 0.6) is 5.75 Å². The number of halogens is 3. The second kappa shape index (κ2) is 8.78. The average molecular weight is 476 g/mol. The van der Waals surface area contributed by atoms with Gasteiger partial charge in [0.05, 0.1) is 18.6 Å². The number of amides is 1. The Morgan fingerprint density at radius 2 is 1.67 bits per heavy atom. The zero-order chi connectivity index (χ0) is 23.8. The number of hydrogen-bond acceptors (Lipinski definition) is 5. The van der Waals surface area contributed by atoms with Crippen LogP contribution < -0.4 is 15.0 Å². The smallest absolute Gasteiger partial charge is 0.261 e. The van der Waals surface area contributed by atoms with Crippen molar-refractivity contribution in [2.45, 2.75) is 11.4 Å². The highest BCUT2D eigenvalue weighted by molar-refractivity contribution is 7.91. The highest BCUT2D eigenvalue weighted by atomic mass is 32.2. The molecule has 1 N–H and O–H groups in total. The lowest BCUT2D eigenvalue weighted by Crippen LogP contribution is -2.37. The van der Waals surface area contributed by atoms with Gasteiger partial charge in [-0.3, -0.25) is 4.79 Å². The Bertz CT molecular complexity index is 1310. The van der Waals surface area contributed by atoms with Crippen molar-refractivity contribution in [3.8, 4) is 5.75 Å². The summed E-state index contributed by atoms with van der Waals surface area (Å²) in [5.74, 6) is -6.34. The van der Waals surface area contributed by atoms with E-state index in [1.807, 2.05) is 0 Å². The summed E-state index contributed by atoms with van der Waals surface area (Å²) in [4.78, 5) is 12.9. The second-order valence-corrected chi connectivity index (χ2v) is 9.45. The van der Waals surface area contributed by atoms with Crippen molar-refractivity contribution < 1.29 is 31.1 Å². The van der Waals surface area contributed by atoms with Crippen molar-refractivity contribution in [1.29, 1.82) is 0 Å². The van der Waals surface area contributed by atoms with E-state index in [2.05, 4.69) is 5.32 Å². The van der Waals surface area contributed by atoms with E-state index in [1.165, 1.54) is 36.3 Å². The number of carbonyl (C=O) groups excluding carboxylic acids is 1. The van der Waals surface area contributed by atoms with Crippen molar-refractivity contribution >= 4 is 27.1 Å². The summed E-state index contributed by atoms with van der Waals surface area (Å²) in [6, 6.07) is 14.6. The van der Waals surface area contributed by atoms with Crippen LogP contribution in [0.3, 0.4) is 0 Å². The quantitative estimate of drug-likeness (QED) is 0.560. The molecule has 0 radical (unpaired) electrons. The summed E-state index contributed by atoms with van der Waals surface area (Å²) >= 11 is 0. The molecule has 0 unspecified atom stereocenters. The Kier molecular flexibility index (Phi) is 6.03. The number of nitrogens with one attached hydrogen (secondary N) is 1. The van der Waals surface area contributed by atoms with Crippen LogP contribution in [0, 0.1) is 17.5 Å². The summed E-state index contributed by atoms with van der Waals surface area (Å²) in [6.45, 7) is -0.101. The molecular formula is C23H19F3N2O4S. The average Bonchev–Trinajstić information content (AvgIpc) is 2.80. The fourth-order valence-corrected chi connectivity index (χ4v) is 5.21. The van der Waals surface area contributed by atoms with Gasteiger partial charge in [-0.25, -0.2) is 21.6 Å².